The SMILES string of the molecule is CNC(c1ccc(C)cc1Cl)c1cccc(Br)c1F. The van der Waals surface area contributed by atoms with Gasteiger partial charge in [0.2, 0.25) is 0 Å². The van der Waals surface area contributed by atoms with Crippen LogP contribution in [0.4, 0.5) is 4.39 Å². The quantitative estimate of drug-likeness (QED) is 0.840. The molecule has 0 saturated carbocycles. The summed E-state index contributed by atoms with van der Waals surface area (Å²) >= 11 is 9.48. The van der Waals surface area contributed by atoms with Gasteiger partial charge in [-0.3, -0.25) is 0 Å². The fourth-order valence-electron chi connectivity index (χ4n) is 2.09. The van der Waals surface area contributed by atoms with Gasteiger partial charge in [0.1, 0.15) is 5.82 Å². The number of benzene rings is 2. The molecular formula is C15H14BrClFN. The fraction of sp³-hybridized carbons (Fsp3) is 0.200. The van der Waals surface area contributed by atoms with Gasteiger partial charge in [0.25, 0.3) is 0 Å². The molecule has 0 heterocycles. The molecule has 0 fully saturated rings. The maximum absolute atomic E-state index is 14.2. The van der Waals surface area contributed by atoms with Crippen molar-refractivity contribution in [2.24, 2.45) is 0 Å². The van der Waals surface area contributed by atoms with Crippen LogP contribution in [0.1, 0.15) is 22.7 Å². The van der Waals surface area contributed by atoms with Gasteiger partial charge in [-0.25, -0.2) is 4.39 Å². The zero-order valence-corrected chi connectivity index (χ0v) is 13.0. The van der Waals surface area contributed by atoms with E-state index in [0.717, 1.165) is 11.1 Å². The Bertz CT molecular complexity index is 601. The van der Waals surface area contributed by atoms with Crippen LogP contribution in [0.5, 0.6) is 0 Å². The number of hydrogen-bond acceptors (Lipinski definition) is 1. The van der Waals surface area contributed by atoms with Gasteiger partial charge in [0, 0.05) is 10.6 Å². The molecule has 0 spiro atoms. The van der Waals surface area contributed by atoms with E-state index in [1.54, 1.807) is 19.2 Å². The third kappa shape index (κ3) is 2.99. The van der Waals surface area contributed by atoms with Crippen molar-refractivity contribution in [3.05, 3.63) is 68.4 Å². The van der Waals surface area contributed by atoms with E-state index >= 15 is 0 Å². The number of nitrogens with one attached hydrogen (secondary N) is 1. The van der Waals surface area contributed by atoms with Gasteiger partial charge in [0.15, 0.2) is 0 Å². The molecule has 1 nitrogen and oxygen atoms in total. The van der Waals surface area contributed by atoms with Gasteiger partial charge >= 0.3 is 0 Å². The van der Waals surface area contributed by atoms with E-state index in [-0.39, 0.29) is 11.9 Å². The molecule has 0 aliphatic carbocycles. The van der Waals surface area contributed by atoms with Crippen LogP contribution in [0, 0.1) is 12.7 Å². The van der Waals surface area contributed by atoms with Crippen LogP contribution in [0.3, 0.4) is 0 Å². The van der Waals surface area contributed by atoms with E-state index in [1.807, 2.05) is 31.2 Å². The van der Waals surface area contributed by atoms with Crippen molar-refractivity contribution < 1.29 is 4.39 Å². The molecule has 2 rings (SSSR count). The number of rotatable bonds is 3. The first-order valence-electron chi connectivity index (χ1n) is 5.92. The van der Waals surface area contributed by atoms with Gasteiger partial charge in [-0.1, -0.05) is 35.9 Å². The Labute approximate surface area is 125 Å². The lowest BCUT2D eigenvalue weighted by molar-refractivity contribution is 0.571. The van der Waals surface area contributed by atoms with E-state index < -0.39 is 0 Å². The summed E-state index contributed by atoms with van der Waals surface area (Å²) in [6.45, 7) is 1.98. The van der Waals surface area contributed by atoms with Gasteiger partial charge in [-0.05, 0) is 53.2 Å². The zero-order chi connectivity index (χ0) is 14.0. The summed E-state index contributed by atoms with van der Waals surface area (Å²) in [7, 11) is 1.79. The highest BCUT2D eigenvalue weighted by atomic mass is 79.9. The first-order chi connectivity index (χ1) is 9.04. The molecule has 1 unspecified atom stereocenters. The van der Waals surface area contributed by atoms with E-state index in [4.69, 9.17) is 11.6 Å². The predicted molar refractivity (Wildman–Crippen MR) is 81.2 cm³/mol. The van der Waals surface area contributed by atoms with E-state index in [1.165, 1.54) is 0 Å². The van der Waals surface area contributed by atoms with Crippen LogP contribution in [0.25, 0.3) is 0 Å². The second kappa shape index (κ2) is 6.04. The third-order valence-corrected chi connectivity index (χ3v) is 3.99. The summed E-state index contributed by atoms with van der Waals surface area (Å²) in [5, 5.41) is 3.76. The second-order valence-electron chi connectivity index (χ2n) is 4.39. The number of aryl methyl sites for hydroxylation is 1. The Morgan fingerprint density at radius 2 is 1.95 bits per heavy atom. The van der Waals surface area contributed by atoms with E-state index in [9.17, 15) is 4.39 Å². The van der Waals surface area contributed by atoms with Crippen molar-refractivity contribution in [3.8, 4) is 0 Å². The minimum atomic E-state index is -0.273. The van der Waals surface area contributed by atoms with Crippen LogP contribution >= 0.6 is 27.5 Å². The summed E-state index contributed by atoms with van der Waals surface area (Å²) in [5.74, 6) is -0.265. The highest BCUT2D eigenvalue weighted by molar-refractivity contribution is 9.10. The maximum Gasteiger partial charge on any atom is 0.142 e. The van der Waals surface area contributed by atoms with Crippen LogP contribution in [-0.4, -0.2) is 7.05 Å². The average molecular weight is 343 g/mol. The number of halogens is 3. The van der Waals surface area contributed by atoms with Crippen LogP contribution in [0.2, 0.25) is 5.02 Å². The molecule has 0 aromatic heterocycles. The zero-order valence-electron chi connectivity index (χ0n) is 10.7. The Morgan fingerprint density at radius 1 is 1.21 bits per heavy atom. The third-order valence-electron chi connectivity index (χ3n) is 3.05. The molecule has 0 bridgehead atoms. The summed E-state index contributed by atoms with van der Waals surface area (Å²) < 4.78 is 14.7. The molecule has 2 aromatic carbocycles. The fourth-order valence-corrected chi connectivity index (χ4v) is 2.81. The van der Waals surface area contributed by atoms with E-state index in [2.05, 4.69) is 21.2 Å². The molecule has 100 valence electrons. The highest BCUT2D eigenvalue weighted by Crippen LogP contribution is 2.32. The van der Waals surface area contributed by atoms with Crippen molar-refractivity contribution in [2.45, 2.75) is 13.0 Å². The maximum atomic E-state index is 14.2. The molecule has 1 N–H and O–H groups in total. The molecule has 4 heteroatoms. The lowest BCUT2D eigenvalue weighted by Crippen LogP contribution is -2.19. The Balaban J connectivity index is 2.53. The smallest absolute Gasteiger partial charge is 0.142 e. The van der Waals surface area contributed by atoms with Crippen molar-refractivity contribution in [1.82, 2.24) is 5.32 Å². The summed E-state index contributed by atoms with van der Waals surface area (Å²) in [6, 6.07) is 10.8. The van der Waals surface area contributed by atoms with E-state index in [0.29, 0.717) is 15.1 Å². The van der Waals surface area contributed by atoms with Gasteiger partial charge in [-0.2, -0.15) is 0 Å². The minimum Gasteiger partial charge on any atom is -0.309 e. The first kappa shape index (κ1) is 14.5. The summed E-state index contributed by atoms with van der Waals surface area (Å²) in [4.78, 5) is 0. The lowest BCUT2D eigenvalue weighted by atomic mass is 9.97. The van der Waals surface area contributed by atoms with Crippen LogP contribution < -0.4 is 5.32 Å². The van der Waals surface area contributed by atoms with Gasteiger partial charge < -0.3 is 5.32 Å². The van der Waals surface area contributed by atoms with Crippen molar-refractivity contribution >= 4 is 27.5 Å². The molecule has 0 amide bonds. The Hall–Kier alpha value is -0.900. The highest BCUT2D eigenvalue weighted by Gasteiger charge is 2.19. The molecule has 0 radical (unpaired) electrons. The van der Waals surface area contributed by atoms with Crippen LogP contribution in [-0.2, 0) is 0 Å². The molecule has 0 saturated heterocycles. The Morgan fingerprint density at radius 3 is 2.58 bits per heavy atom. The predicted octanol–water partition coefficient (Wildman–Crippen LogP) is 4.86. The first-order valence-corrected chi connectivity index (χ1v) is 7.09. The largest absolute Gasteiger partial charge is 0.309 e. The molecule has 2 aromatic rings. The van der Waals surface area contributed by atoms with Crippen molar-refractivity contribution in [3.63, 3.8) is 0 Å². The lowest BCUT2D eigenvalue weighted by Gasteiger charge is -2.20. The Kier molecular flexibility index (Phi) is 4.61. The molecule has 0 aliphatic heterocycles. The standard InChI is InChI=1S/C15H14BrClFN/c1-9-6-7-10(13(17)8-9)15(19-2)11-4-3-5-12(16)14(11)18/h3-8,15,19H,1-2H3. The monoisotopic (exact) mass is 341 g/mol. The summed E-state index contributed by atoms with van der Waals surface area (Å²) in [6.07, 6.45) is 0. The molecular weight excluding hydrogens is 329 g/mol. The van der Waals surface area contributed by atoms with Crippen molar-refractivity contribution in [1.29, 1.82) is 0 Å². The van der Waals surface area contributed by atoms with Crippen LogP contribution in [0.15, 0.2) is 40.9 Å². The minimum absolute atomic E-state index is 0.265. The second-order valence-corrected chi connectivity index (χ2v) is 5.65. The van der Waals surface area contributed by atoms with Gasteiger partial charge in [0.05, 0.1) is 10.5 Å². The average Bonchev–Trinajstić information content (AvgIpc) is 2.37. The molecule has 1 atom stereocenters. The normalized spacial score (nSPS) is 12.5. The summed E-state index contributed by atoms with van der Waals surface area (Å²) in [5.41, 5.74) is 2.52. The van der Waals surface area contributed by atoms with Crippen molar-refractivity contribution in [2.75, 3.05) is 7.05 Å². The van der Waals surface area contributed by atoms with Gasteiger partial charge in [-0.15, -0.1) is 0 Å². The number of hydrogen-bond donors (Lipinski definition) is 1. The molecule has 19 heavy (non-hydrogen) atoms. The topological polar surface area (TPSA) is 12.0 Å². The molecule has 0 aliphatic rings.